The van der Waals surface area contributed by atoms with Crippen molar-refractivity contribution < 1.29 is 14.6 Å². The molecule has 0 spiro atoms. The monoisotopic (exact) mass is 252 g/mol. The summed E-state index contributed by atoms with van der Waals surface area (Å²) < 4.78 is 5.30. The summed E-state index contributed by atoms with van der Waals surface area (Å²) in [6, 6.07) is 4.65. The van der Waals surface area contributed by atoms with E-state index in [1.54, 1.807) is 21.2 Å². The first-order valence-corrected chi connectivity index (χ1v) is 5.77. The molecule has 2 atom stereocenters. The SMILES string of the molecule is CNC(C(=O)O)C(NC)c1cc(C)ccc1OC. The molecule has 0 heterocycles. The van der Waals surface area contributed by atoms with Gasteiger partial charge in [0.25, 0.3) is 0 Å². The molecule has 100 valence electrons. The molecule has 1 rings (SSSR count). The molecule has 1 aromatic rings. The van der Waals surface area contributed by atoms with Gasteiger partial charge in [-0.2, -0.15) is 0 Å². The lowest BCUT2D eigenvalue weighted by Crippen LogP contribution is -2.44. The zero-order valence-corrected chi connectivity index (χ0v) is 11.2. The standard InChI is InChI=1S/C13H20N2O3/c1-8-5-6-10(18-4)9(7-8)11(14-2)12(15-3)13(16)17/h5-7,11-12,14-15H,1-4H3,(H,16,17). The van der Waals surface area contributed by atoms with E-state index in [4.69, 9.17) is 4.74 Å². The summed E-state index contributed by atoms with van der Waals surface area (Å²) >= 11 is 0. The van der Waals surface area contributed by atoms with E-state index < -0.39 is 12.0 Å². The van der Waals surface area contributed by atoms with Crippen LogP contribution in [0.15, 0.2) is 18.2 Å². The van der Waals surface area contributed by atoms with E-state index in [0.717, 1.165) is 11.1 Å². The van der Waals surface area contributed by atoms with Crippen LogP contribution in [0.25, 0.3) is 0 Å². The van der Waals surface area contributed by atoms with Crippen molar-refractivity contribution in [3.8, 4) is 5.75 Å². The van der Waals surface area contributed by atoms with Crippen molar-refractivity contribution >= 4 is 5.97 Å². The molecule has 0 aromatic heterocycles. The number of hydrogen-bond acceptors (Lipinski definition) is 4. The number of aryl methyl sites for hydroxylation is 1. The van der Waals surface area contributed by atoms with E-state index in [0.29, 0.717) is 5.75 Å². The van der Waals surface area contributed by atoms with E-state index in [-0.39, 0.29) is 6.04 Å². The average molecular weight is 252 g/mol. The second kappa shape index (κ2) is 6.37. The maximum atomic E-state index is 11.2. The van der Waals surface area contributed by atoms with Crippen LogP contribution in [0.5, 0.6) is 5.75 Å². The molecule has 0 aliphatic carbocycles. The van der Waals surface area contributed by atoms with Gasteiger partial charge in [0, 0.05) is 5.56 Å². The molecule has 0 bridgehead atoms. The van der Waals surface area contributed by atoms with Gasteiger partial charge in [-0.05, 0) is 27.1 Å². The minimum Gasteiger partial charge on any atom is -0.496 e. The Hall–Kier alpha value is -1.59. The molecule has 0 saturated carbocycles. The van der Waals surface area contributed by atoms with Crippen LogP contribution in [-0.4, -0.2) is 38.3 Å². The number of rotatable bonds is 6. The summed E-state index contributed by atoms with van der Waals surface area (Å²) in [5.74, 6) is -0.221. The van der Waals surface area contributed by atoms with Crippen molar-refractivity contribution in [3.63, 3.8) is 0 Å². The fraction of sp³-hybridized carbons (Fsp3) is 0.462. The third kappa shape index (κ3) is 3.00. The first kappa shape index (κ1) is 14.5. The van der Waals surface area contributed by atoms with Crippen LogP contribution in [0.4, 0.5) is 0 Å². The van der Waals surface area contributed by atoms with E-state index in [2.05, 4.69) is 10.6 Å². The molecule has 5 heteroatoms. The molecule has 0 aliphatic heterocycles. The Kier molecular flexibility index (Phi) is 5.12. The van der Waals surface area contributed by atoms with Crippen LogP contribution in [-0.2, 0) is 4.79 Å². The maximum Gasteiger partial charge on any atom is 0.322 e. The molecule has 0 amide bonds. The molecule has 2 unspecified atom stereocenters. The molecule has 3 N–H and O–H groups in total. The summed E-state index contributed by atoms with van der Waals surface area (Å²) in [5.41, 5.74) is 1.90. The van der Waals surface area contributed by atoms with Crippen molar-refractivity contribution in [1.82, 2.24) is 10.6 Å². The van der Waals surface area contributed by atoms with Crippen molar-refractivity contribution in [2.75, 3.05) is 21.2 Å². The number of nitrogens with one attached hydrogen (secondary N) is 2. The molecular formula is C13H20N2O3. The van der Waals surface area contributed by atoms with Crippen molar-refractivity contribution in [1.29, 1.82) is 0 Å². The van der Waals surface area contributed by atoms with Crippen molar-refractivity contribution in [2.24, 2.45) is 0 Å². The Morgan fingerprint density at radius 2 is 2.00 bits per heavy atom. The normalized spacial score (nSPS) is 14.0. The highest BCUT2D eigenvalue weighted by atomic mass is 16.5. The van der Waals surface area contributed by atoms with Gasteiger partial charge in [-0.25, -0.2) is 0 Å². The molecular weight excluding hydrogens is 232 g/mol. The molecule has 0 fully saturated rings. The fourth-order valence-electron chi connectivity index (χ4n) is 2.03. The third-order valence-electron chi connectivity index (χ3n) is 2.94. The number of likely N-dealkylation sites (N-methyl/N-ethyl adjacent to an activating group) is 2. The summed E-state index contributed by atoms with van der Waals surface area (Å²) in [6.07, 6.45) is 0. The van der Waals surface area contributed by atoms with Crippen LogP contribution < -0.4 is 15.4 Å². The first-order valence-electron chi connectivity index (χ1n) is 5.77. The van der Waals surface area contributed by atoms with Gasteiger partial charge in [-0.15, -0.1) is 0 Å². The zero-order chi connectivity index (χ0) is 13.7. The minimum absolute atomic E-state index is 0.359. The predicted molar refractivity (Wildman–Crippen MR) is 70.0 cm³/mol. The smallest absolute Gasteiger partial charge is 0.322 e. The van der Waals surface area contributed by atoms with Crippen LogP contribution in [0.1, 0.15) is 17.2 Å². The molecule has 0 saturated heterocycles. The molecule has 1 aromatic carbocycles. The number of methoxy groups -OCH3 is 1. The number of carboxylic acid groups (broad SMARTS) is 1. The number of hydrogen-bond donors (Lipinski definition) is 3. The number of carbonyl (C=O) groups is 1. The fourth-order valence-corrected chi connectivity index (χ4v) is 2.03. The van der Waals surface area contributed by atoms with Gasteiger partial charge >= 0.3 is 5.97 Å². The largest absolute Gasteiger partial charge is 0.496 e. The van der Waals surface area contributed by atoms with Crippen LogP contribution in [0.2, 0.25) is 0 Å². The van der Waals surface area contributed by atoms with Gasteiger partial charge < -0.3 is 20.5 Å². The molecule has 0 aliphatic rings. The van der Waals surface area contributed by atoms with Crippen molar-refractivity contribution in [3.05, 3.63) is 29.3 Å². The van der Waals surface area contributed by atoms with Gasteiger partial charge in [-0.1, -0.05) is 17.7 Å². The number of carboxylic acids is 1. The van der Waals surface area contributed by atoms with Gasteiger partial charge in [0.05, 0.1) is 13.2 Å². The summed E-state index contributed by atoms with van der Waals surface area (Å²) in [4.78, 5) is 11.2. The maximum absolute atomic E-state index is 11.2. The molecule has 0 radical (unpaired) electrons. The van der Waals surface area contributed by atoms with Crippen LogP contribution in [0, 0.1) is 6.92 Å². The lowest BCUT2D eigenvalue weighted by Gasteiger charge is -2.25. The third-order valence-corrected chi connectivity index (χ3v) is 2.94. The summed E-state index contributed by atoms with van der Waals surface area (Å²) in [6.45, 7) is 1.96. The highest BCUT2D eigenvalue weighted by Crippen LogP contribution is 2.28. The minimum atomic E-state index is -0.902. The lowest BCUT2D eigenvalue weighted by atomic mass is 9.97. The highest BCUT2D eigenvalue weighted by Gasteiger charge is 2.28. The van der Waals surface area contributed by atoms with Crippen LogP contribution in [0.3, 0.4) is 0 Å². The number of aliphatic carboxylic acids is 1. The van der Waals surface area contributed by atoms with Gasteiger partial charge in [0.1, 0.15) is 11.8 Å². The molecule has 18 heavy (non-hydrogen) atoms. The van der Waals surface area contributed by atoms with Crippen LogP contribution >= 0.6 is 0 Å². The number of benzene rings is 1. The molecule has 5 nitrogen and oxygen atoms in total. The topological polar surface area (TPSA) is 70.6 Å². The van der Waals surface area contributed by atoms with E-state index in [1.807, 2.05) is 25.1 Å². The highest BCUT2D eigenvalue weighted by molar-refractivity contribution is 5.75. The second-order valence-electron chi connectivity index (χ2n) is 4.12. The van der Waals surface area contributed by atoms with Gasteiger partial charge in [0.2, 0.25) is 0 Å². The average Bonchev–Trinajstić information content (AvgIpc) is 2.35. The van der Waals surface area contributed by atoms with E-state index >= 15 is 0 Å². The number of ether oxygens (including phenoxy) is 1. The predicted octanol–water partition coefficient (Wildman–Crippen LogP) is 0.937. The van der Waals surface area contributed by atoms with E-state index in [1.165, 1.54) is 0 Å². The zero-order valence-electron chi connectivity index (χ0n) is 11.2. The lowest BCUT2D eigenvalue weighted by molar-refractivity contribution is -0.140. The summed E-state index contributed by atoms with van der Waals surface area (Å²) in [5, 5.41) is 15.1. The Morgan fingerprint density at radius 1 is 1.33 bits per heavy atom. The Labute approximate surface area is 107 Å². The Bertz CT molecular complexity index is 421. The Balaban J connectivity index is 3.22. The second-order valence-corrected chi connectivity index (χ2v) is 4.12. The quantitative estimate of drug-likeness (QED) is 0.703. The van der Waals surface area contributed by atoms with Gasteiger partial charge in [0.15, 0.2) is 0 Å². The Morgan fingerprint density at radius 3 is 2.44 bits per heavy atom. The first-order chi connectivity index (χ1) is 8.54. The van der Waals surface area contributed by atoms with Gasteiger partial charge in [-0.3, -0.25) is 4.79 Å². The summed E-state index contributed by atoms with van der Waals surface area (Å²) in [7, 11) is 4.95. The van der Waals surface area contributed by atoms with Crippen molar-refractivity contribution in [2.45, 2.75) is 19.0 Å². The van der Waals surface area contributed by atoms with E-state index in [9.17, 15) is 9.90 Å².